The molecule has 1 rings (SSSR count). The van der Waals surface area contributed by atoms with Crippen LogP contribution in [0.25, 0.3) is 0 Å². The first-order valence-electron chi connectivity index (χ1n) is 7.69. The molecule has 0 saturated heterocycles. The number of hydrogen-bond donors (Lipinski definition) is 2. The van der Waals surface area contributed by atoms with Crippen LogP contribution in [0.15, 0.2) is 23.2 Å². The fourth-order valence-electron chi connectivity index (χ4n) is 1.93. The Balaban J connectivity index is 2.58. The standard InChI is InChI=1S/C16H24F3N3O3/c1-20-15(21-7-4-8-23-2)22-10-12-5-6-13(14(9-12)24-3)25-11-16(17,18)19/h5-6,9H,4,7-8,10-11H2,1-3H3,(H2,20,21,22). The summed E-state index contributed by atoms with van der Waals surface area (Å²) in [6.07, 6.45) is -3.55. The zero-order valence-electron chi connectivity index (χ0n) is 14.6. The molecule has 0 aliphatic heterocycles. The molecule has 142 valence electrons. The molecular weight excluding hydrogens is 339 g/mol. The maximum Gasteiger partial charge on any atom is 0.422 e. The molecule has 0 atom stereocenters. The Labute approximate surface area is 145 Å². The molecule has 0 amide bonds. The number of ether oxygens (including phenoxy) is 3. The lowest BCUT2D eigenvalue weighted by atomic mass is 10.2. The molecule has 0 aliphatic carbocycles. The van der Waals surface area contributed by atoms with Crippen molar-refractivity contribution in [3.05, 3.63) is 23.8 Å². The largest absolute Gasteiger partial charge is 0.493 e. The molecule has 2 N–H and O–H groups in total. The number of nitrogens with one attached hydrogen (secondary N) is 2. The molecular formula is C16H24F3N3O3. The monoisotopic (exact) mass is 363 g/mol. The summed E-state index contributed by atoms with van der Waals surface area (Å²) in [7, 11) is 4.67. The number of guanidine groups is 1. The van der Waals surface area contributed by atoms with Crippen molar-refractivity contribution >= 4 is 5.96 Å². The van der Waals surface area contributed by atoms with Gasteiger partial charge in [0, 0.05) is 33.9 Å². The van der Waals surface area contributed by atoms with Crippen LogP contribution in [0.4, 0.5) is 13.2 Å². The van der Waals surface area contributed by atoms with E-state index in [4.69, 9.17) is 14.2 Å². The predicted octanol–water partition coefficient (Wildman–Crippen LogP) is 2.34. The Kier molecular flexibility index (Phi) is 8.90. The van der Waals surface area contributed by atoms with Crippen LogP contribution in [-0.2, 0) is 11.3 Å². The van der Waals surface area contributed by atoms with Gasteiger partial charge in [-0.25, -0.2) is 0 Å². The minimum Gasteiger partial charge on any atom is -0.493 e. The van der Waals surface area contributed by atoms with Crippen molar-refractivity contribution in [2.24, 2.45) is 4.99 Å². The third kappa shape index (κ3) is 8.48. The quantitative estimate of drug-likeness (QED) is 0.401. The van der Waals surface area contributed by atoms with Gasteiger partial charge in [0.05, 0.1) is 7.11 Å². The van der Waals surface area contributed by atoms with Gasteiger partial charge in [-0.2, -0.15) is 13.2 Å². The van der Waals surface area contributed by atoms with Gasteiger partial charge in [-0.15, -0.1) is 0 Å². The maximum absolute atomic E-state index is 12.3. The lowest BCUT2D eigenvalue weighted by Crippen LogP contribution is -2.37. The number of benzene rings is 1. The SMILES string of the molecule is CN=C(NCCCOC)NCc1ccc(OCC(F)(F)F)c(OC)c1. The first-order valence-corrected chi connectivity index (χ1v) is 7.69. The number of aliphatic imine (C=N–C) groups is 1. The molecule has 0 saturated carbocycles. The van der Waals surface area contributed by atoms with Gasteiger partial charge in [0.15, 0.2) is 24.1 Å². The molecule has 9 heteroatoms. The van der Waals surface area contributed by atoms with Crippen LogP contribution in [0, 0.1) is 0 Å². The summed E-state index contributed by atoms with van der Waals surface area (Å²) < 4.78 is 51.6. The molecule has 25 heavy (non-hydrogen) atoms. The Morgan fingerprint density at radius 1 is 1.16 bits per heavy atom. The summed E-state index contributed by atoms with van der Waals surface area (Å²) in [6.45, 7) is 0.431. The molecule has 0 fully saturated rings. The van der Waals surface area contributed by atoms with Crippen molar-refractivity contribution in [1.82, 2.24) is 10.6 Å². The van der Waals surface area contributed by atoms with Gasteiger partial charge in [0.1, 0.15) is 0 Å². The van der Waals surface area contributed by atoms with Crippen LogP contribution >= 0.6 is 0 Å². The molecule has 1 aromatic carbocycles. The lowest BCUT2D eigenvalue weighted by Gasteiger charge is -2.15. The van der Waals surface area contributed by atoms with Gasteiger partial charge in [0.25, 0.3) is 0 Å². The van der Waals surface area contributed by atoms with Crippen molar-refractivity contribution in [2.75, 3.05) is 41.0 Å². The van der Waals surface area contributed by atoms with E-state index in [0.29, 0.717) is 25.7 Å². The number of halogens is 3. The van der Waals surface area contributed by atoms with Crippen molar-refractivity contribution in [2.45, 2.75) is 19.1 Å². The Hall–Kier alpha value is -2.16. The molecule has 0 spiro atoms. The third-order valence-electron chi connectivity index (χ3n) is 3.12. The fourth-order valence-corrected chi connectivity index (χ4v) is 1.93. The highest BCUT2D eigenvalue weighted by Gasteiger charge is 2.29. The summed E-state index contributed by atoms with van der Waals surface area (Å²) >= 11 is 0. The van der Waals surface area contributed by atoms with E-state index in [2.05, 4.69) is 15.6 Å². The first kappa shape index (κ1) is 20.9. The maximum atomic E-state index is 12.3. The molecule has 0 radical (unpaired) electrons. The first-order chi connectivity index (χ1) is 11.9. The highest BCUT2D eigenvalue weighted by Crippen LogP contribution is 2.29. The molecule has 0 aliphatic rings. The molecule has 0 bridgehead atoms. The van der Waals surface area contributed by atoms with Gasteiger partial charge in [-0.05, 0) is 24.1 Å². The highest BCUT2D eigenvalue weighted by atomic mass is 19.4. The van der Waals surface area contributed by atoms with Crippen molar-refractivity contribution in [3.63, 3.8) is 0 Å². The summed E-state index contributed by atoms with van der Waals surface area (Å²) in [5.41, 5.74) is 0.816. The number of rotatable bonds is 9. The van der Waals surface area contributed by atoms with Gasteiger partial charge in [-0.1, -0.05) is 6.07 Å². The zero-order chi connectivity index (χ0) is 18.7. The van der Waals surface area contributed by atoms with E-state index < -0.39 is 12.8 Å². The van der Waals surface area contributed by atoms with Gasteiger partial charge in [0.2, 0.25) is 0 Å². The average Bonchev–Trinajstić information content (AvgIpc) is 2.59. The number of alkyl halides is 3. The van der Waals surface area contributed by atoms with Crippen LogP contribution < -0.4 is 20.1 Å². The summed E-state index contributed by atoms with van der Waals surface area (Å²) in [5.74, 6) is 0.907. The van der Waals surface area contributed by atoms with E-state index in [1.807, 2.05) is 0 Å². The minimum absolute atomic E-state index is 0.0469. The topological polar surface area (TPSA) is 64.1 Å². The zero-order valence-corrected chi connectivity index (χ0v) is 14.6. The molecule has 6 nitrogen and oxygen atoms in total. The van der Waals surface area contributed by atoms with Crippen LogP contribution in [0.1, 0.15) is 12.0 Å². The normalized spacial score (nSPS) is 12.0. The van der Waals surface area contributed by atoms with E-state index in [-0.39, 0.29) is 11.5 Å². The molecule has 1 aromatic rings. The van der Waals surface area contributed by atoms with E-state index in [9.17, 15) is 13.2 Å². The van der Waals surface area contributed by atoms with Gasteiger partial charge < -0.3 is 24.8 Å². The minimum atomic E-state index is -4.40. The number of nitrogens with zero attached hydrogens (tertiary/aromatic N) is 1. The van der Waals surface area contributed by atoms with E-state index >= 15 is 0 Å². The second kappa shape index (κ2) is 10.7. The number of methoxy groups -OCH3 is 2. The lowest BCUT2D eigenvalue weighted by molar-refractivity contribution is -0.153. The second-order valence-electron chi connectivity index (χ2n) is 5.09. The van der Waals surface area contributed by atoms with E-state index in [0.717, 1.165) is 12.0 Å². The van der Waals surface area contributed by atoms with Crippen LogP contribution in [0.3, 0.4) is 0 Å². The third-order valence-corrected chi connectivity index (χ3v) is 3.12. The van der Waals surface area contributed by atoms with Crippen LogP contribution in [0.2, 0.25) is 0 Å². The van der Waals surface area contributed by atoms with Gasteiger partial charge in [-0.3, -0.25) is 4.99 Å². The van der Waals surface area contributed by atoms with Crippen molar-refractivity contribution in [3.8, 4) is 11.5 Å². The summed E-state index contributed by atoms with van der Waals surface area (Å²) in [4.78, 5) is 4.09. The average molecular weight is 363 g/mol. The fraction of sp³-hybridized carbons (Fsp3) is 0.562. The molecule has 0 unspecified atom stereocenters. The molecule has 0 heterocycles. The second-order valence-corrected chi connectivity index (χ2v) is 5.09. The number of hydrogen-bond acceptors (Lipinski definition) is 4. The summed E-state index contributed by atoms with van der Waals surface area (Å²) in [6, 6.07) is 4.74. The van der Waals surface area contributed by atoms with E-state index in [1.165, 1.54) is 13.2 Å². The predicted molar refractivity (Wildman–Crippen MR) is 89.2 cm³/mol. The van der Waals surface area contributed by atoms with Gasteiger partial charge >= 0.3 is 6.18 Å². The van der Waals surface area contributed by atoms with Crippen molar-refractivity contribution in [1.29, 1.82) is 0 Å². The van der Waals surface area contributed by atoms with Crippen molar-refractivity contribution < 1.29 is 27.4 Å². The Morgan fingerprint density at radius 3 is 2.52 bits per heavy atom. The van der Waals surface area contributed by atoms with Crippen LogP contribution in [0.5, 0.6) is 11.5 Å². The van der Waals surface area contributed by atoms with E-state index in [1.54, 1.807) is 26.3 Å². The highest BCUT2D eigenvalue weighted by molar-refractivity contribution is 5.79. The smallest absolute Gasteiger partial charge is 0.422 e. The Bertz CT molecular complexity index is 551. The Morgan fingerprint density at radius 2 is 1.92 bits per heavy atom. The summed E-state index contributed by atoms with van der Waals surface area (Å²) in [5, 5.41) is 6.24. The van der Waals surface area contributed by atoms with Crippen LogP contribution in [-0.4, -0.2) is 53.2 Å². The molecule has 0 aromatic heterocycles.